The summed E-state index contributed by atoms with van der Waals surface area (Å²) in [6, 6.07) is 7.63. The smallest absolute Gasteiger partial charge is 0.307 e. The van der Waals surface area contributed by atoms with Gasteiger partial charge in [-0.3, -0.25) is 9.59 Å². The number of rotatable bonds is 3. The average molecular weight is 261 g/mol. The van der Waals surface area contributed by atoms with Gasteiger partial charge in [0, 0.05) is 12.7 Å². The molecule has 0 heterocycles. The molecule has 0 radical (unpaired) electrons. The number of hydrogen-bond donors (Lipinski definition) is 1. The Morgan fingerprint density at radius 3 is 2.37 bits per heavy atom. The minimum atomic E-state index is -0.888. The Kier molecular flexibility index (Phi) is 3.12. The Balaban J connectivity index is 2.20. The van der Waals surface area contributed by atoms with Gasteiger partial charge in [0.1, 0.15) is 0 Å². The van der Waals surface area contributed by atoms with Crippen molar-refractivity contribution in [2.24, 2.45) is 17.3 Å². The number of aliphatic carboxylic acids is 1. The lowest BCUT2D eigenvalue weighted by atomic mass is 10.1. The van der Waals surface area contributed by atoms with Crippen LogP contribution in [-0.4, -0.2) is 24.0 Å². The van der Waals surface area contributed by atoms with Crippen molar-refractivity contribution in [3.05, 3.63) is 29.8 Å². The second-order valence-electron chi connectivity index (χ2n) is 5.85. The van der Waals surface area contributed by atoms with Gasteiger partial charge in [-0.25, -0.2) is 0 Å². The number of benzene rings is 1. The molecule has 1 fully saturated rings. The maximum absolute atomic E-state index is 12.4. The molecular formula is C15H19NO3. The van der Waals surface area contributed by atoms with E-state index >= 15 is 0 Å². The molecule has 0 bridgehead atoms. The van der Waals surface area contributed by atoms with E-state index in [1.54, 1.807) is 11.9 Å². The zero-order valence-corrected chi connectivity index (χ0v) is 11.7. The molecule has 0 spiro atoms. The normalized spacial score (nSPS) is 23.8. The van der Waals surface area contributed by atoms with Crippen molar-refractivity contribution in [2.45, 2.75) is 20.8 Å². The van der Waals surface area contributed by atoms with Gasteiger partial charge in [0.15, 0.2) is 0 Å². The van der Waals surface area contributed by atoms with Crippen LogP contribution in [0.4, 0.5) is 5.69 Å². The van der Waals surface area contributed by atoms with E-state index in [1.807, 2.05) is 45.0 Å². The second kappa shape index (κ2) is 4.37. The monoisotopic (exact) mass is 261 g/mol. The molecule has 19 heavy (non-hydrogen) atoms. The average Bonchev–Trinajstić information content (AvgIpc) is 2.90. The molecule has 4 heteroatoms. The zero-order valence-electron chi connectivity index (χ0n) is 11.7. The van der Waals surface area contributed by atoms with Crippen LogP contribution in [0.15, 0.2) is 24.3 Å². The van der Waals surface area contributed by atoms with E-state index in [9.17, 15) is 9.59 Å². The summed E-state index contributed by atoms with van der Waals surface area (Å²) in [7, 11) is 1.70. The Morgan fingerprint density at radius 1 is 1.26 bits per heavy atom. The molecule has 2 atom stereocenters. The largest absolute Gasteiger partial charge is 0.481 e. The summed E-state index contributed by atoms with van der Waals surface area (Å²) in [6.45, 7) is 5.62. The van der Waals surface area contributed by atoms with E-state index in [1.165, 1.54) is 0 Å². The Hall–Kier alpha value is -1.84. The number of aryl methyl sites for hydroxylation is 1. The van der Waals surface area contributed by atoms with Crippen molar-refractivity contribution >= 4 is 17.6 Å². The van der Waals surface area contributed by atoms with Gasteiger partial charge >= 0.3 is 5.97 Å². The van der Waals surface area contributed by atoms with E-state index in [4.69, 9.17) is 5.11 Å². The number of carbonyl (C=O) groups excluding carboxylic acids is 1. The molecule has 0 aliphatic heterocycles. The Morgan fingerprint density at radius 2 is 1.89 bits per heavy atom. The highest BCUT2D eigenvalue weighted by atomic mass is 16.4. The molecule has 1 aromatic rings. The summed E-state index contributed by atoms with van der Waals surface area (Å²) in [4.78, 5) is 25.1. The highest BCUT2D eigenvalue weighted by Crippen LogP contribution is 2.59. The third-order valence-electron chi connectivity index (χ3n) is 4.08. The molecule has 1 amide bonds. The SMILES string of the molecule is Cc1cccc(N(C)C(=O)[C@H]2[C@@H](C(=O)O)C2(C)C)c1. The van der Waals surface area contributed by atoms with Gasteiger partial charge < -0.3 is 10.0 Å². The van der Waals surface area contributed by atoms with Crippen molar-refractivity contribution in [3.8, 4) is 0 Å². The van der Waals surface area contributed by atoms with Crippen LogP contribution in [0.2, 0.25) is 0 Å². The van der Waals surface area contributed by atoms with Gasteiger partial charge in [-0.1, -0.05) is 26.0 Å². The lowest BCUT2D eigenvalue weighted by Crippen LogP contribution is -2.29. The Labute approximate surface area is 113 Å². The molecule has 1 aliphatic carbocycles. The van der Waals surface area contributed by atoms with Gasteiger partial charge in [0.2, 0.25) is 5.91 Å². The van der Waals surface area contributed by atoms with Crippen LogP contribution in [0.1, 0.15) is 19.4 Å². The fourth-order valence-electron chi connectivity index (χ4n) is 2.73. The number of carboxylic acids is 1. The first-order valence-electron chi connectivity index (χ1n) is 6.34. The maximum atomic E-state index is 12.4. The standard InChI is InChI=1S/C15H19NO3/c1-9-6-5-7-10(8-9)16(4)13(17)11-12(14(18)19)15(11,2)3/h5-8,11-12H,1-4H3,(H,18,19)/t11-,12+/m1/s1. The van der Waals surface area contributed by atoms with Gasteiger partial charge in [0.25, 0.3) is 0 Å². The summed E-state index contributed by atoms with van der Waals surface area (Å²) in [6.07, 6.45) is 0. The lowest BCUT2D eigenvalue weighted by molar-refractivity contribution is -0.140. The van der Waals surface area contributed by atoms with E-state index in [0.29, 0.717) is 0 Å². The highest BCUT2D eigenvalue weighted by Gasteiger charge is 2.66. The third-order valence-corrected chi connectivity index (χ3v) is 4.08. The molecule has 102 valence electrons. The van der Waals surface area contributed by atoms with Crippen molar-refractivity contribution in [1.82, 2.24) is 0 Å². The topological polar surface area (TPSA) is 57.6 Å². The number of carbonyl (C=O) groups is 2. The fraction of sp³-hybridized carbons (Fsp3) is 0.467. The predicted octanol–water partition coefficient (Wildman–Crippen LogP) is 2.31. The molecule has 1 saturated carbocycles. The summed E-state index contributed by atoms with van der Waals surface area (Å²) in [5.74, 6) is -2.02. The summed E-state index contributed by atoms with van der Waals surface area (Å²) >= 11 is 0. The zero-order chi connectivity index (χ0) is 14.4. The van der Waals surface area contributed by atoms with E-state index in [0.717, 1.165) is 11.3 Å². The van der Waals surface area contributed by atoms with Gasteiger partial charge in [0.05, 0.1) is 11.8 Å². The van der Waals surface area contributed by atoms with Crippen LogP contribution in [0.25, 0.3) is 0 Å². The summed E-state index contributed by atoms with van der Waals surface area (Å²) in [5, 5.41) is 9.13. The molecule has 0 saturated heterocycles. The maximum Gasteiger partial charge on any atom is 0.307 e. The molecule has 1 aromatic carbocycles. The highest BCUT2D eigenvalue weighted by molar-refractivity contribution is 6.01. The first-order valence-corrected chi connectivity index (χ1v) is 6.34. The number of nitrogens with zero attached hydrogens (tertiary/aromatic N) is 1. The predicted molar refractivity (Wildman–Crippen MR) is 73.0 cm³/mol. The number of amides is 1. The number of hydrogen-bond acceptors (Lipinski definition) is 2. The van der Waals surface area contributed by atoms with Gasteiger partial charge in [-0.15, -0.1) is 0 Å². The fourth-order valence-corrected chi connectivity index (χ4v) is 2.73. The van der Waals surface area contributed by atoms with Crippen LogP contribution >= 0.6 is 0 Å². The molecule has 2 rings (SSSR count). The molecule has 4 nitrogen and oxygen atoms in total. The quantitative estimate of drug-likeness (QED) is 0.908. The minimum Gasteiger partial charge on any atom is -0.481 e. The molecule has 1 aliphatic rings. The molecule has 0 unspecified atom stereocenters. The van der Waals surface area contributed by atoms with Crippen LogP contribution in [0.5, 0.6) is 0 Å². The second-order valence-corrected chi connectivity index (χ2v) is 5.85. The summed E-state index contributed by atoms with van der Waals surface area (Å²) < 4.78 is 0. The van der Waals surface area contributed by atoms with Gasteiger partial charge in [-0.05, 0) is 30.0 Å². The van der Waals surface area contributed by atoms with E-state index in [-0.39, 0.29) is 5.91 Å². The van der Waals surface area contributed by atoms with Crippen molar-refractivity contribution in [2.75, 3.05) is 11.9 Å². The molecular weight excluding hydrogens is 242 g/mol. The third kappa shape index (κ3) is 2.23. The molecule has 0 aromatic heterocycles. The van der Waals surface area contributed by atoms with Crippen LogP contribution in [-0.2, 0) is 9.59 Å². The van der Waals surface area contributed by atoms with Crippen molar-refractivity contribution in [1.29, 1.82) is 0 Å². The van der Waals surface area contributed by atoms with Crippen molar-refractivity contribution in [3.63, 3.8) is 0 Å². The summed E-state index contributed by atoms with van der Waals surface area (Å²) in [5.41, 5.74) is 1.42. The van der Waals surface area contributed by atoms with Crippen LogP contribution in [0.3, 0.4) is 0 Å². The Bertz CT molecular complexity index is 536. The van der Waals surface area contributed by atoms with Crippen molar-refractivity contribution < 1.29 is 14.7 Å². The van der Waals surface area contributed by atoms with Crippen LogP contribution in [0, 0.1) is 24.2 Å². The number of anilines is 1. The molecule has 1 N–H and O–H groups in total. The van der Waals surface area contributed by atoms with Crippen LogP contribution < -0.4 is 4.90 Å². The minimum absolute atomic E-state index is 0.122. The first kappa shape index (κ1) is 13.6. The van der Waals surface area contributed by atoms with E-state index < -0.39 is 23.2 Å². The lowest BCUT2D eigenvalue weighted by Gasteiger charge is -2.18. The first-order chi connectivity index (χ1) is 8.76. The van der Waals surface area contributed by atoms with Gasteiger partial charge in [-0.2, -0.15) is 0 Å². The van der Waals surface area contributed by atoms with E-state index in [2.05, 4.69) is 0 Å². The number of carboxylic acid groups (broad SMARTS) is 1.